The van der Waals surface area contributed by atoms with E-state index in [-0.39, 0.29) is 53.9 Å². The number of benzene rings is 1. The number of alkyl halides is 1. The Morgan fingerprint density at radius 1 is 1.17 bits per heavy atom. The molecule has 1 aromatic rings. The maximum Gasteiger partial charge on any atom is 0.259 e. The fourth-order valence-electron chi connectivity index (χ4n) is 8.54. The van der Waals surface area contributed by atoms with Gasteiger partial charge in [0.05, 0.1) is 12.2 Å². The number of hydrogen-bond donors (Lipinski definition) is 0. The van der Waals surface area contributed by atoms with Gasteiger partial charge in [0, 0.05) is 48.6 Å². The number of methoxy groups -OCH3 is 2. The molecule has 0 aliphatic heterocycles. The van der Waals surface area contributed by atoms with Gasteiger partial charge in [-0.15, -0.1) is 0 Å². The SMILES string of the molecule is COCO[C@@H]1C[C@@](C)(CC(F)[S+]([O-])c2ccccc2)C(=O)[C@H](C)C23CC[C@H]4C[C@]41C2[C@H](OC)CC3. The Balaban J connectivity index is 1.52. The van der Waals surface area contributed by atoms with Gasteiger partial charge in [-0.05, 0) is 67.9 Å². The van der Waals surface area contributed by atoms with Crippen LogP contribution in [0.1, 0.15) is 58.8 Å². The predicted octanol–water partition coefficient (Wildman–Crippen LogP) is 5.30. The van der Waals surface area contributed by atoms with Crippen LogP contribution in [-0.4, -0.2) is 49.1 Å². The van der Waals surface area contributed by atoms with Crippen LogP contribution >= 0.6 is 0 Å². The molecule has 10 atom stereocenters. The molecule has 1 spiro atoms. The third-order valence-corrected chi connectivity index (χ3v) is 11.6. The summed E-state index contributed by atoms with van der Waals surface area (Å²) in [5.74, 6) is 0.704. The van der Waals surface area contributed by atoms with E-state index in [0.29, 0.717) is 17.2 Å². The van der Waals surface area contributed by atoms with E-state index in [1.54, 1.807) is 38.5 Å². The number of carbonyl (C=O) groups excluding carboxylic acids is 1. The van der Waals surface area contributed by atoms with Gasteiger partial charge in [0.1, 0.15) is 12.6 Å². The number of halogens is 1. The van der Waals surface area contributed by atoms with Crippen LogP contribution in [0.4, 0.5) is 4.39 Å². The average Bonchev–Trinajstić information content (AvgIpc) is 3.49. The van der Waals surface area contributed by atoms with Crippen LogP contribution in [0.15, 0.2) is 35.2 Å². The molecule has 7 heteroatoms. The molecule has 0 N–H and O–H groups in total. The molecule has 2 bridgehead atoms. The number of ether oxygens (including phenoxy) is 3. The van der Waals surface area contributed by atoms with Crippen LogP contribution in [0, 0.1) is 34.0 Å². The van der Waals surface area contributed by atoms with Crippen LogP contribution in [0.3, 0.4) is 0 Å². The van der Waals surface area contributed by atoms with Crippen molar-refractivity contribution < 1.29 is 27.9 Å². The van der Waals surface area contributed by atoms with Crippen molar-refractivity contribution in [2.45, 2.75) is 81.4 Å². The molecule has 5 nitrogen and oxygen atoms in total. The molecule has 0 radical (unpaired) electrons. The van der Waals surface area contributed by atoms with Gasteiger partial charge in [-0.1, -0.05) is 32.0 Å². The van der Waals surface area contributed by atoms with E-state index in [0.717, 1.165) is 32.1 Å². The van der Waals surface area contributed by atoms with Gasteiger partial charge in [-0.2, -0.15) is 4.39 Å². The number of ketones is 1. The van der Waals surface area contributed by atoms with Crippen molar-refractivity contribution in [1.29, 1.82) is 0 Å². The first-order valence-corrected chi connectivity index (χ1v) is 14.2. The van der Waals surface area contributed by atoms with Crippen molar-refractivity contribution in [2.75, 3.05) is 21.0 Å². The molecule has 5 rings (SSSR count). The molecule has 4 aliphatic rings. The molecule has 0 saturated heterocycles. The zero-order valence-electron chi connectivity index (χ0n) is 21.3. The van der Waals surface area contributed by atoms with Crippen LogP contribution < -0.4 is 0 Å². The van der Waals surface area contributed by atoms with Crippen molar-refractivity contribution in [3.05, 3.63) is 30.3 Å². The monoisotopic (exact) mass is 506 g/mol. The van der Waals surface area contributed by atoms with Gasteiger partial charge >= 0.3 is 0 Å². The summed E-state index contributed by atoms with van der Waals surface area (Å²) in [6.45, 7) is 4.10. The second-order valence-corrected chi connectivity index (χ2v) is 13.3. The number of carbonyl (C=O) groups is 1. The fraction of sp³-hybridized carbons (Fsp3) is 0.750. The minimum atomic E-state index is -1.83. The number of Topliss-reactive ketones (excluding diaryl/α,β-unsaturated/α-hetero) is 1. The Morgan fingerprint density at radius 3 is 2.57 bits per heavy atom. The maximum absolute atomic E-state index is 15.7. The lowest BCUT2D eigenvalue weighted by atomic mass is 9.50. The first-order valence-electron chi connectivity index (χ1n) is 13.0. The van der Waals surface area contributed by atoms with E-state index in [9.17, 15) is 9.35 Å². The van der Waals surface area contributed by atoms with Gasteiger partial charge in [-0.3, -0.25) is 4.79 Å². The number of rotatable bonds is 8. The van der Waals surface area contributed by atoms with E-state index in [4.69, 9.17) is 14.2 Å². The summed E-state index contributed by atoms with van der Waals surface area (Å²) in [5.41, 5.74) is -2.81. The van der Waals surface area contributed by atoms with Crippen molar-refractivity contribution in [2.24, 2.45) is 34.0 Å². The Labute approximate surface area is 211 Å². The predicted molar refractivity (Wildman–Crippen MR) is 132 cm³/mol. The van der Waals surface area contributed by atoms with E-state index < -0.39 is 22.1 Å². The van der Waals surface area contributed by atoms with Crippen molar-refractivity contribution in [3.63, 3.8) is 0 Å². The summed E-state index contributed by atoms with van der Waals surface area (Å²) in [4.78, 5) is 14.7. The van der Waals surface area contributed by atoms with E-state index in [1.165, 1.54) is 0 Å². The highest BCUT2D eigenvalue weighted by Crippen LogP contribution is 2.78. The zero-order chi connectivity index (χ0) is 25.0. The molecular formula is C28H39FO5S. The molecule has 4 aliphatic carbocycles. The highest BCUT2D eigenvalue weighted by molar-refractivity contribution is 7.91. The zero-order valence-corrected chi connectivity index (χ0v) is 22.2. The van der Waals surface area contributed by atoms with Crippen LogP contribution in [0.25, 0.3) is 0 Å². The standard InChI is InChI=1S/C28H39FO5S/c1-18-25(30)26(2,16-23(29)35(31)20-8-6-5-7-9-20)15-22(34-17-32-3)28-14-19(28)10-12-27(18)13-11-21(33-4)24(27)28/h5-9,18-19,21-24H,10-17H2,1-4H3/t18-,19-,21+,22+,23?,24?,26-,27?,28-,35?/m0/s1. The van der Waals surface area contributed by atoms with Crippen molar-refractivity contribution in [3.8, 4) is 0 Å². The lowest BCUT2D eigenvalue weighted by Crippen LogP contribution is -2.57. The number of hydrogen-bond acceptors (Lipinski definition) is 5. The van der Waals surface area contributed by atoms with Gasteiger partial charge in [0.2, 0.25) is 0 Å². The maximum atomic E-state index is 15.7. The van der Waals surface area contributed by atoms with Gasteiger partial charge in [0.25, 0.3) is 5.50 Å². The minimum Gasteiger partial charge on any atom is -0.609 e. The highest BCUT2D eigenvalue weighted by Gasteiger charge is 2.76. The molecule has 194 valence electrons. The van der Waals surface area contributed by atoms with E-state index >= 15 is 4.39 Å². The Hall–Kier alpha value is -0.990. The normalized spacial score (nSPS) is 44.1. The average molecular weight is 507 g/mol. The van der Waals surface area contributed by atoms with E-state index in [1.807, 2.05) is 13.0 Å². The topological polar surface area (TPSA) is 67.8 Å². The lowest BCUT2D eigenvalue weighted by molar-refractivity contribution is -0.183. The Bertz CT molecular complexity index is 931. The van der Waals surface area contributed by atoms with Gasteiger partial charge < -0.3 is 18.8 Å². The van der Waals surface area contributed by atoms with E-state index in [2.05, 4.69) is 6.92 Å². The van der Waals surface area contributed by atoms with Crippen molar-refractivity contribution in [1.82, 2.24) is 0 Å². The molecular weight excluding hydrogens is 467 g/mol. The molecule has 4 unspecified atom stereocenters. The van der Waals surface area contributed by atoms with Gasteiger partial charge in [0.15, 0.2) is 4.90 Å². The fourth-order valence-corrected chi connectivity index (χ4v) is 9.78. The molecule has 4 saturated carbocycles. The third kappa shape index (κ3) is 3.92. The molecule has 0 amide bonds. The Kier molecular flexibility index (Phi) is 6.88. The summed E-state index contributed by atoms with van der Waals surface area (Å²) in [5, 5.41) is 0. The molecule has 1 aromatic carbocycles. The van der Waals surface area contributed by atoms with Crippen molar-refractivity contribution >= 4 is 17.0 Å². The first kappa shape index (κ1) is 25.7. The third-order valence-electron chi connectivity index (χ3n) is 10.2. The Morgan fingerprint density at radius 2 is 1.89 bits per heavy atom. The summed E-state index contributed by atoms with van der Waals surface area (Å²) >= 11 is -1.83. The molecule has 0 aromatic heterocycles. The van der Waals surface area contributed by atoms with Gasteiger partial charge in [-0.25, -0.2) is 0 Å². The van der Waals surface area contributed by atoms with Crippen LogP contribution in [-0.2, 0) is 30.2 Å². The van der Waals surface area contributed by atoms with Crippen LogP contribution in [0.2, 0.25) is 0 Å². The summed E-state index contributed by atoms with van der Waals surface area (Å²) in [6.07, 6.45) is 5.35. The summed E-state index contributed by atoms with van der Waals surface area (Å²) in [6, 6.07) is 8.71. The van der Waals surface area contributed by atoms with Crippen LogP contribution in [0.5, 0.6) is 0 Å². The minimum absolute atomic E-state index is 0.0609. The first-order chi connectivity index (χ1) is 16.7. The lowest BCUT2D eigenvalue weighted by Gasteiger charge is -2.55. The second-order valence-electron chi connectivity index (χ2n) is 11.7. The quantitative estimate of drug-likeness (QED) is 0.354. The molecule has 0 heterocycles. The largest absolute Gasteiger partial charge is 0.609 e. The smallest absolute Gasteiger partial charge is 0.259 e. The molecule has 4 fully saturated rings. The summed E-state index contributed by atoms with van der Waals surface area (Å²) in [7, 11) is 3.40. The highest BCUT2D eigenvalue weighted by atomic mass is 32.2. The second kappa shape index (κ2) is 9.39. The summed E-state index contributed by atoms with van der Waals surface area (Å²) < 4.78 is 46.4. The molecule has 35 heavy (non-hydrogen) atoms.